The molecule has 0 saturated carbocycles. The Morgan fingerprint density at radius 2 is 2.33 bits per heavy atom. The second-order valence-electron chi connectivity index (χ2n) is 3.33. The Balaban J connectivity index is 2.20. The Morgan fingerprint density at radius 3 is 2.83 bits per heavy atom. The van der Waals surface area contributed by atoms with E-state index in [1.165, 1.54) is 23.0 Å². The van der Waals surface area contributed by atoms with E-state index in [1.807, 2.05) is 0 Å². The predicted octanol–water partition coefficient (Wildman–Crippen LogP) is 1.89. The maximum atomic E-state index is 10.6. The van der Waals surface area contributed by atoms with Crippen LogP contribution in [0.4, 0.5) is 5.82 Å². The minimum Gasteiger partial charge on any atom is -0.475 e. The summed E-state index contributed by atoms with van der Waals surface area (Å²) in [5.41, 5.74) is 0. The standard InChI is InChI=1S/C9H6BrN3O5/c10-6-4-12(11-8(6)13(16)17)3-5-1-2-7(18-5)9(14)15/h1-2,4H,3H2,(H,14,15). The fraction of sp³-hybridized carbons (Fsp3) is 0.111. The van der Waals surface area contributed by atoms with E-state index < -0.39 is 10.9 Å². The molecule has 1 N–H and O–H groups in total. The summed E-state index contributed by atoms with van der Waals surface area (Å²) in [6, 6.07) is 2.79. The number of carbonyl (C=O) groups is 1. The molecule has 2 rings (SSSR count). The zero-order chi connectivity index (χ0) is 13.3. The van der Waals surface area contributed by atoms with E-state index in [4.69, 9.17) is 9.52 Å². The van der Waals surface area contributed by atoms with Crippen LogP contribution in [0.1, 0.15) is 16.3 Å². The maximum absolute atomic E-state index is 10.6. The second-order valence-corrected chi connectivity index (χ2v) is 4.18. The summed E-state index contributed by atoms with van der Waals surface area (Å²) in [5.74, 6) is -1.32. The highest BCUT2D eigenvalue weighted by molar-refractivity contribution is 9.10. The molecular weight excluding hydrogens is 310 g/mol. The van der Waals surface area contributed by atoms with Crippen LogP contribution in [0.15, 0.2) is 27.2 Å². The van der Waals surface area contributed by atoms with Crippen LogP contribution in [0.5, 0.6) is 0 Å². The van der Waals surface area contributed by atoms with E-state index in [0.717, 1.165) is 0 Å². The number of nitrogens with zero attached hydrogens (tertiary/aromatic N) is 3. The van der Waals surface area contributed by atoms with Gasteiger partial charge in [0.25, 0.3) is 0 Å². The predicted molar refractivity (Wildman–Crippen MR) is 61.4 cm³/mol. The largest absolute Gasteiger partial charge is 0.475 e. The van der Waals surface area contributed by atoms with E-state index in [9.17, 15) is 14.9 Å². The van der Waals surface area contributed by atoms with Crippen LogP contribution in [-0.4, -0.2) is 25.8 Å². The van der Waals surface area contributed by atoms with Gasteiger partial charge in [0.1, 0.15) is 16.8 Å². The number of carboxylic acid groups (broad SMARTS) is 1. The molecule has 0 atom stereocenters. The number of nitro groups is 1. The smallest absolute Gasteiger partial charge is 0.404 e. The molecule has 2 aromatic heterocycles. The third-order valence-corrected chi connectivity index (χ3v) is 2.62. The van der Waals surface area contributed by atoms with Crippen molar-refractivity contribution < 1.29 is 19.2 Å². The lowest BCUT2D eigenvalue weighted by Crippen LogP contribution is -2.00. The van der Waals surface area contributed by atoms with Gasteiger partial charge in [-0.05, 0) is 33.0 Å². The van der Waals surface area contributed by atoms with Crippen molar-refractivity contribution in [1.29, 1.82) is 0 Å². The Kier molecular flexibility index (Phi) is 3.15. The quantitative estimate of drug-likeness (QED) is 0.681. The molecule has 0 spiro atoms. The summed E-state index contributed by atoms with van der Waals surface area (Å²) in [6.45, 7) is 0.111. The second kappa shape index (κ2) is 4.61. The van der Waals surface area contributed by atoms with Gasteiger partial charge >= 0.3 is 11.8 Å². The molecule has 0 aromatic carbocycles. The fourth-order valence-electron chi connectivity index (χ4n) is 1.33. The SMILES string of the molecule is O=C(O)c1ccc(Cn2cc(Br)c([N+](=O)[O-])n2)o1. The highest BCUT2D eigenvalue weighted by Gasteiger charge is 2.19. The van der Waals surface area contributed by atoms with Crippen LogP contribution in [0.25, 0.3) is 0 Å². The summed E-state index contributed by atoms with van der Waals surface area (Å²) in [5, 5.41) is 23.0. The van der Waals surface area contributed by atoms with Gasteiger partial charge in [0.15, 0.2) is 0 Å². The lowest BCUT2D eigenvalue weighted by atomic mass is 10.4. The van der Waals surface area contributed by atoms with Crippen molar-refractivity contribution >= 4 is 27.7 Å². The number of furan rings is 1. The van der Waals surface area contributed by atoms with Crippen LogP contribution < -0.4 is 0 Å². The van der Waals surface area contributed by atoms with E-state index in [0.29, 0.717) is 5.76 Å². The average Bonchev–Trinajstić information content (AvgIpc) is 2.86. The number of hydrogen-bond acceptors (Lipinski definition) is 5. The average molecular weight is 316 g/mol. The van der Waals surface area contributed by atoms with Crippen LogP contribution in [0.3, 0.4) is 0 Å². The minimum atomic E-state index is -1.17. The van der Waals surface area contributed by atoms with E-state index in [2.05, 4.69) is 21.0 Å². The Morgan fingerprint density at radius 1 is 1.61 bits per heavy atom. The van der Waals surface area contributed by atoms with E-state index in [1.54, 1.807) is 0 Å². The molecule has 2 heterocycles. The van der Waals surface area contributed by atoms with Gasteiger partial charge in [-0.2, -0.15) is 4.68 Å². The Bertz CT molecular complexity index is 618. The van der Waals surface area contributed by atoms with Gasteiger partial charge in [0, 0.05) is 0 Å². The number of rotatable bonds is 4. The normalized spacial score (nSPS) is 10.5. The molecule has 0 bridgehead atoms. The molecule has 0 aliphatic heterocycles. The monoisotopic (exact) mass is 315 g/mol. The van der Waals surface area contributed by atoms with Crippen LogP contribution in [-0.2, 0) is 6.54 Å². The van der Waals surface area contributed by atoms with Crippen molar-refractivity contribution in [2.24, 2.45) is 0 Å². The van der Waals surface area contributed by atoms with Crippen LogP contribution in [0.2, 0.25) is 0 Å². The topological polar surface area (TPSA) is 111 Å². The highest BCUT2D eigenvalue weighted by atomic mass is 79.9. The highest BCUT2D eigenvalue weighted by Crippen LogP contribution is 2.22. The first-order chi connectivity index (χ1) is 8.47. The molecule has 0 radical (unpaired) electrons. The molecule has 8 nitrogen and oxygen atoms in total. The van der Waals surface area contributed by atoms with Gasteiger partial charge in [-0.25, -0.2) is 4.79 Å². The molecule has 0 aliphatic rings. The van der Waals surface area contributed by atoms with Gasteiger partial charge in [-0.1, -0.05) is 0 Å². The summed E-state index contributed by atoms with van der Waals surface area (Å²) in [6.07, 6.45) is 1.42. The molecule has 9 heteroatoms. The van der Waals surface area contributed by atoms with E-state index >= 15 is 0 Å². The van der Waals surface area contributed by atoms with Crippen molar-refractivity contribution in [2.75, 3.05) is 0 Å². The Hall–Kier alpha value is -2.16. The zero-order valence-electron chi connectivity index (χ0n) is 8.74. The summed E-state index contributed by atoms with van der Waals surface area (Å²) >= 11 is 3.01. The van der Waals surface area contributed by atoms with Gasteiger partial charge < -0.3 is 19.6 Å². The Labute approximate surface area is 108 Å². The van der Waals surface area contributed by atoms with Crippen LogP contribution in [0, 0.1) is 10.1 Å². The molecule has 0 aliphatic carbocycles. The first kappa shape index (κ1) is 12.3. The molecule has 2 aromatic rings. The van der Waals surface area contributed by atoms with Gasteiger partial charge in [-0.15, -0.1) is 0 Å². The molecular formula is C9H6BrN3O5. The summed E-state index contributed by atoms with van der Waals surface area (Å²) in [4.78, 5) is 20.6. The number of halogens is 1. The minimum absolute atomic E-state index is 0.111. The summed E-state index contributed by atoms with van der Waals surface area (Å²) in [7, 11) is 0. The maximum Gasteiger partial charge on any atom is 0.404 e. The summed E-state index contributed by atoms with van der Waals surface area (Å²) < 4.78 is 6.55. The third-order valence-electron chi connectivity index (χ3n) is 2.06. The lowest BCUT2D eigenvalue weighted by molar-refractivity contribution is -0.390. The molecule has 18 heavy (non-hydrogen) atoms. The van der Waals surface area contributed by atoms with Crippen molar-refractivity contribution in [2.45, 2.75) is 6.54 Å². The van der Waals surface area contributed by atoms with Crippen molar-refractivity contribution in [1.82, 2.24) is 9.78 Å². The zero-order valence-corrected chi connectivity index (χ0v) is 10.3. The lowest BCUT2D eigenvalue weighted by Gasteiger charge is -1.92. The number of aromatic nitrogens is 2. The molecule has 0 saturated heterocycles. The molecule has 0 amide bonds. The molecule has 0 fully saturated rings. The van der Waals surface area contributed by atoms with Gasteiger partial charge in [0.05, 0.1) is 11.3 Å². The number of carboxylic acids is 1. The third kappa shape index (κ3) is 2.40. The molecule has 0 unspecified atom stereocenters. The van der Waals surface area contributed by atoms with Gasteiger partial charge in [-0.3, -0.25) is 0 Å². The van der Waals surface area contributed by atoms with Gasteiger partial charge in [0.2, 0.25) is 5.76 Å². The van der Waals surface area contributed by atoms with Crippen LogP contribution >= 0.6 is 15.9 Å². The number of aromatic carboxylic acids is 1. The fourth-order valence-corrected chi connectivity index (χ4v) is 1.79. The first-order valence-corrected chi connectivity index (χ1v) is 5.46. The van der Waals surface area contributed by atoms with E-state index in [-0.39, 0.29) is 22.6 Å². The number of hydrogen-bond donors (Lipinski definition) is 1. The van der Waals surface area contributed by atoms with Crippen molar-refractivity contribution in [3.8, 4) is 0 Å². The van der Waals surface area contributed by atoms with Crippen molar-refractivity contribution in [3.63, 3.8) is 0 Å². The first-order valence-electron chi connectivity index (χ1n) is 4.66. The molecule has 94 valence electrons. The van der Waals surface area contributed by atoms with Crippen molar-refractivity contribution in [3.05, 3.63) is 44.4 Å².